The SMILES string of the molecule is CNC(=O)C(=N/OC)/C(C)=C/COc1ccn(-c2ccc(Cl)c(C(F)(F)F)c2)n1. The van der Waals surface area contributed by atoms with Crippen molar-refractivity contribution in [3.8, 4) is 11.6 Å². The molecule has 0 saturated carbocycles. The molecular weight excluding hydrogens is 413 g/mol. The van der Waals surface area contributed by atoms with E-state index in [0.29, 0.717) is 5.57 Å². The monoisotopic (exact) mass is 430 g/mol. The van der Waals surface area contributed by atoms with Gasteiger partial charge in [0.25, 0.3) is 5.91 Å². The van der Waals surface area contributed by atoms with Crippen LogP contribution in [0, 0.1) is 0 Å². The minimum Gasteiger partial charge on any atom is -0.472 e. The molecule has 7 nitrogen and oxygen atoms in total. The van der Waals surface area contributed by atoms with Gasteiger partial charge in [0.2, 0.25) is 5.88 Å². The van der Waals surface area contributed by atoms with Crippen molar-refractivity contribution in [1.29, 1.82) is 0 Å². The predicted molar refractivity (Wildman–Crippen MR) is 101 cm³/mol. The fourth-order valence-electron chi connectivity index (χ4n) is 2.25. The van der Waals surface area contributed by atoms with Crippen LogP contribution in [-0.4, -0.2) is 42.2 Å². The average molecular weight is 431 g/mol. The van der Waals surface area contributed by atoms with Gasteiger partial charge in [-0.1, -0.05) is 16.8 Å². The number of benzene rings is 1. The summed E-state index contributed by atoms with van der Waals surface area (Å²) in [5, 5.41) is 9.79. The quantitative estimate of drug-likeness (QED) is 0.537. The molecule has 0 aliphatic heterocycles. The number of hydrogen-bond donors (Lipinski definition) is 1. The molecule has 11 heteroatoms. The Labute approximate surface area is 169 Å². The van der Waals surface area contributed by atoms with Crippen LogP contribution in [0.15, 0.2) is 47.3 Å². The van der Waals surface area contributed by atoms with Gasteiger partial charge < -0.3 is 14.9 Å². The van der Waals surface area contributed by atoms with Gasteiger partial charge in [0.1, 0.15) is 13.7 Å². The number of amides is 1. The van der Waals surface area contributed by atoms with Gasteiger partial charge in [-0.05, 0) is 36.8 Å². The molecule has 1 heterocycles. The van der Waals surface area contributed by atoms with E-state index in [1.807, 2.05) is 0 Å². The number of oxime groups is 1. The average Bonchev–Trinajstić information content (AvgIpc) is 3.13. The number of rotatable bonds is 7. The second-order valence-corrected chi connectivity index (χ2v) is 6.07. The zero-order chi connectivity index (χ0) is 21.6. The first-order valence-corrected chi connectivity index (χ1v) is 8.61. The van der Waals surface area contributed by atoms with E-state index in [0.717, 1.165) is 12.1 Å². The summed E-state index contributed by atoms with van der Waals surface area (Å²) in [4.78, 5) is 16.4. The molecule has 156 valence electrons. The molecule has 1 aromatic heterocycles. The second kappa shape index (κ2) is 9.46. The van der Waals surface area contributed by atoms with Gasteiger partial charge in [-0.2, -0.15) is 13.2 Å². The van der Waals surface area contributed by atoms with E-state index in [2.05, 4.69) is 20.4 Å². The molecule has 0 saturated heterocycles. The second-order valence-electron chi connectivity index (χ2n) is 5.66. The number of ether oxygens (including phenoxy) is 1. The van der Waals surface area contributed by atoms with Crippen molar-refractivity contribution in [2.75, 3.05) is 20.8 Å². The van der Waals surface area contributed by atoms with Crippen molar-refractivity contribution in [3.05, 3.63) is 52.7 Å². The molecule has 2 rings (SSSR count). The lowest BCUT2D eigenvalue weighted by Crippen LogP contribution is -2.28. The summed E-state index contributed by atoms with van der Waals surface area (Å²) in [5.74, 6) is -0.240. The van der Waals surface area contributed by atoms with Crippen LogP contribution >= 0.6 is 11.6 Å². The number of carbonyl (C=O) groups excluding carboxylic acids is 1. The number of hydrogen-bond acceptors (Lipinski definition) is 5. The lowest BCUT2D eigenvalue weighted by Gasteiger charge is -2.10. The molecule has 0 unspecified atom stereocenters. The van der Waals surface area contributed by atoms with Crippen molar-refractivity contribution in [2.24, 2.45) is 5.16 Å². The summed E-state index contributed by atoms with van der Waals surface area (Å²) < 4.78 is 45.7. The largest absolute Gasteiger partial charge is 0.472 e. The van der Waals surface area contributed by atoms with Crippen molar-refractivity contribution < 1.29 is 27.5 Å². The number of nitrogens with zero attached hydrogens (tertiary/aromatic N) is 3. The molecule has 0 atom stereocenters. The predicted octanol–water partition coefficient (Wildman–Crippen LogP) is 3.62. The van der Waals surface area contributed by atoms with E-state index in [-0.39, 0.29) is 23.9 Å². The maximum absolute atomic E-state index is 13.0. The summed E-state index contributed by atoms with van der Waals surface area (Å²) in [5.41, 5.74) is -0.173. The number of aromatic nitrogens is 2. The zero-order valence-electron chi connectivity index (χ0n) is 15.7. The molecule has 0 fully saturated rings. The highest BCUT2D eigenvalue weighted by atomic mass is 35.5. The van der Waals surface area contributed by atoms with E-state index in [4.69, 9.17) is 16.3 Å². The first kappa shape index (κ1) is 22.3. The summed E-state index contributed by atoms with van der Waals surface area (Å²) in [6.07, 6.45) is -1.53. The van der Waals surface area contributed by atoms with Crippen LogP contribution in [0.4, 0.5) is 13.2 Å². The fraction of sp³-hybridized carbons (Fsp3) is 0.278. The van der Waals surface area contributed by atoms with Crippen molar-refractivity contribution in [2.45, 2.75) is 13.1 Å². The van der Waals surface area contributed by atoms with E-state index >= 15 is 0 Å². The summed E-state index contributed by atoms with van der Waals surface area (Å²) >= 11 is 5.62. The van der Waals surface area contributed by atoms with Crippen molar-refractivity contribution in [1.82, 2.24) is 15.1 Å². The summed E-state index contributed by atoms with van der Waals surface area (Å²) in [6.45, 7) is 1.71. The number of alkyl halides is 3. The maximum Gasteiger partial charge on any atom is 0.417 e. The molecule has 2 aromatic rings. The van der Waals surface area contributed by atoms with Gasteiger partial charge in [0.15, 0.2) is 5.71 Å². The first-order valence-electron chi connectivity index (χ1n) is 8.23. The first-order chi connectivity index (χ1) is 13.7. The van der Waals surface area contributed by atoms with E-state index in [1.165, 1.54) is 37.2 Å². The van der Waals surface area contributed by atoms with Crippen molar-refractivity contribution in [3.63, 3.8) is 0 Å². The third-order valence-electron chi connectivity index (χ3n) is 3.70. The molecule has 29 heavy (non-hydrogen) atoms. The number of halogens is 4. The lowest BCUT2D eigenvalue weighted by molar-refractivity contribution is -0.137. The molecule has 0 radical (unpaired) electrons. The molecule has 0 bridgehead atoms. The molecule has 0 aliphatic rings. The van der Waals surface area contributed by atoms with Crippen LogP contribution < -0.4 is 10.1 Å². The Morgan fingerprint density at radius 1 is 1.38 bits per heavy atom. The Hall–Kier alpha value is -3.01. The van der Waals surface area contributed by atoms with Crippen LogP contribution in [0.3, 0.4) is 0 Å². The third-order valence-corrected chi connectivity index (χ3v) is 4.03. The Bertz CT molecular complexity index is 939. The zero-order valence-corrected chi connectivity index (χ0v) is 16.5. The maximum atomic E-state index is 13.0. The normalized spacial score (nSPS) is 12.7. The Kier molecular flexibility index (Phi) is 7.27. The molecule has 1 N–H and O–H groups in total. The fourth-order valence-corrected chi connectivity index (χ4v) is 2.48. The lowest BCUT2D eigenvalue weighted by atomic mass is 10.1. The number of nitrogens with one attached hydrogen (secondary N) is 1. The standard InChI is InChI=1S/C18H18ClF3N4O3/c1-11(16(25-28-3)17(27)23-2)7-9-29-15-6-8-26(24-15)12-4-5-14(19)13(10-12)18(20,21)22/h4-8,10H,9H2,1-3H3,(H,23,27)/b11-7+,25-16+. The molecule has 1 amide bonds. The molecule has 0 aliphatic carbocycles. The van der Waals surface area contributed by atoms with E-state index < -0.39 is 22.7 Å². The van der Waals surface area contributed by atoms with Gasteiger partial charge in [0.05, 0.1) is 16.3 Å². The van der Waals surface area contributed by atoms with Crippen LogP contribution in [-0.2, 0) is 15.8 Å². The third kappa shape index (κ3) is 5.74. The smallest absolute Gasteiger partial charge is 0.417 e. The molecule has 0 spiro atoms. The highest BCUT2D eigenvalue weighted by Gasteiger charge is 2.33. The minimum absolute atomic E-state index is 0.0526. The highest BCUT2D eigenvalue weighted by molar-refractivity contribution is 6.44. The van der Waals surface area contributed by atoms with Gasteiger partial charge in [0, 0.05) is 19.3 Å². The van der Waals surface area contributed by atoms with Gasteiger partial charge in [-0.15, -0.1) is 5.10 Å². The topological polar surface area (TPSA) is 77.7 Å². The van der Waals surface area contributed by atoms with Crippen LogP contribution in [0.1, 0.15) is 12.5 Å². The van der Waals surface area contributed by atoms with E-state index in [1.54, 1.807) is 13.0 Å². The number of carbonyl (C=O) groups is 1. The van der Waals surface area contributed by atoms with E-state index in [9.17, 15) is 18.0 Å². The molecular formula is C18H18ClF3N4O3. The minimum atomic E-state index is -4.58. The summed E-state index contributed by atoms with van der Waals surface area (Å²) in [6, 6.07) is 4.96. The van der Waals surface area contributed by atoms with Gasteiger partial charge >= 0.3 is 6.18 Å². The Morgan fingerprint density at radius 3 is 2.72 bits per heavy atom. The van der Waals surface area contributed by atoms with Crippen LogP contribution in [0.5, 0.6) is 5.88 Å². The molecule has 1 aromatic carbocycles. The van der Waals surface area contributed by atoms with Gasteiger partial charge in [-0.25, -0.2) is 4.68 Å². The van der Waals surface area contributed by atoms with Crippen LogP contribution in [0.2, 0.25) is 5.02 Å². The Balaban J connectivity index is 2.12. The summed E-state index contributed by atoms with van der Waals surface area (Å²) in [7, 11) is 2.78. The van der Waals surface area contributed by atoms with Gasteiger partial charge in [-0.3, -0.25) is 4.79 Å². The Morgan fingerprint density at radius 2 is 2.10 bits per heavy atom. The van der Waals surface area contributed by atoms with Crippen molar-refractivity contribution >= 4 is 23.2 Å². The van der Waals surface area contributed by atoms with Crippen LogP contribution in [0.25, 0.3) is 5.69 Å². The highest BCUT2D eigenvalue weighted by Crippen LogP contribution is 2.35.